The van der Waals surface area contributed by atoms with Crippen LogP contribution in [0.15, 0.2) is 18.6 Å². The molecule has 2 N–H and O–H groups in total. The average Bonchev–Trinajstić information content (AvgIpc) is 3.37. The van der Waals surface area contributed by atoms with Crippen LogP contribution in [0.3, 0.4) is 0 Å². The third-order valence-corrected chi connectivity index (χ3v) is 4.79. The summed E-state index contributed by atoms with van der Waals surface area (Å²) in [5, 5.41) is 2.75. The van der Waals surface area contributed by atoms with Gasteiger partial charge in [-0.3, -0.25) is 9.59 Å². The van der Waals surface area contributed by atoms with E-state index < -0.39 is 0 Å². The highest BCUT2D eigenvalue weighted by Crippen LogP contribution is 2.25. The van der Waals surface area contributed by atoms with E-state index in [1.165, 1.54) is 6.92 Å². The summed E-state index contributed by atoms with van der Waals surface area (Å²) in [7, 11) is 0. The van der Waals surface area contributed by atoms with E-state index in [9.17, 15) is 9.59 Å². The molecule has 0 unspecified atom stereocenters. The molecule has 3 rings (SSSR count). The Morgan fingerprint density at radius 1 is 1.38 bits per heavy atom. The van der Waals surface area contributed by atoms with Crippen molar-refractivity contribution in [3.05, 3.63) is 35.9 Å². The van der Waals surface area contributed by atoms with Crippen molar-refractivity contribution in [3.8, 4) is 0 Å². The number of hydrogen-bond acceptors (Lipinski definition) is 4. The van der Waals surface area contributed by atoms with Crippen molar-refractivity contribution in [2.75, 3.05) is 13.1 Å². The lowest BCUT2D eigenvalue weighted by Crippen LogP contribution is -2.29. The third-order valence-electron chi connectivity index (χ3n) is 4.79. The van der Waals surface area contributed by atoms with Crippen molar-refractivity contribution in [1.82, 2.24) is 29.7 Å². The summed E-state index contributed by atoms with van der Waals surface area (Å²) in [6.07, 6.45) is 7.72. The van der Waals surface area contributed by atoms with Crippen molar-refractivity contribution in [2.24, 2.45) is 0 Å². The summed E-state index contributed by atoms with van der Waals surface area (Å²) >= 11 is 0. The number of rotatable bonds is 7. The summed E-state index contributed by atoms with van der Waals surface area (Å²) < 4.78 is 2.05. The minimum atomic E-state index is -0.0667. The minimum Gasteiger partial charge on any atom is -0.351 e. The zero-order chi connectivity index (χ0) is 18.5. The summed E-state index contributed by atoms with van der Waals surface area (Å²) in [5.74, 6) is 2.24. The van der Waals surface area contributed by atoms with E-state index >= 15 is 0 Å². The second-order valence-electron chi connectivity index (χ2n) is 6.67. The molecule has 1 fully saturated rings. The summed E-state index contributed by atoms with van der Waals surface area (Å²) in [5.41, 5.74) is 0.882. The summed E-state index contributed by atoms with van der Waals surface area (Å²) in [6, 6.07) is 0. The van der Waals surface area contributed by atoms with Gasteiger partial charge in [-0.1, -0.05) is 6.92 Å². The Bertz CT molecular complexity index is 765. The second-order valence-corrected chi connectivity index (χ2v) is 6.67. The van der Waals surface area contributed by atoms with E-state index in [1.54, 1.807) is 12.4 Å². The van der Waals surface area contributed by atoms with Crippen LogP contribution in [0.25, 0.3) is 0 Å². The van der Waals surface area contributed by atoms with E-state index in [4.69, 9.17) is 0 Å². The highest BCUT2D eigenvalue weighted by molar-refractivity contribution is 5.76. The number of aromatic nitrogens is 4. The van der Waals surface area contributed by atoms with Crippen molar-refractivity contribution >= 4 is 11.8 Å². The fraction of sp³-hybridized carbons (Fsp3) is 0.556. The van der Waals surface area contributed by atoms with Crippen molar-refractivity contribution in [1.29, 1.82) is 0 Å². The van der Waals surface area contributed by atoms with Gasteiger partial charge in [0.2, 0.25) is 11.8 Å². The van der Waals surface area contributed by atoms with Gasteiger partial charge in [0.25, 0.3) is 0 Å². The number of H-pyrrole nitrogens is 1. The summed E-state index contributed by atoms with van der Waals surface area (Å²) in [6.45, 7) is 6.12. The highest BCUT2D eigenvalue weighted by atomic mass is 16.2. The molecule has 1 aliphatic rings. The van der Waals surface area contributed by atoms with Crippen molar-refractivity contribution in [3.63, 3.8) is 0 Å². The first kappa shape index (κ1) is 18.2. The molecule has 140 valence electrons. The van der Waals surface area contributed by atoms with Crippen LogP contribution in [0.5, 0.6) is 0 Å². The number of imidazole rings is 2. The Morgan fingerprint density at radius 3 is 3.00 bits per heavy atom. The molecule has 0 aromatic carbocycles. The van der Waals surface area contributed by atoms with Gasteiger partial charge in [-0.05, 0) is 6.42 Å². The van der Waals surface area contributed by atoms with Crippen LogP contribution in [0.2, 0.25) is 0 Å². The topological polar surface area (TPSA) is 95.9 Å². The van der Waals surface area contributed by atoms with Gasteiger partial charge in [0.1, 0.15) is 11.6 Å². The van der Waals surface area contributed by atoms with Crippen LogP contribution in [0, 0.1) is 0 Å². The predicted molar refractivity (Wildman–Crippen MR) is 96.3 cm³/mol. The van der Waals surface area contributed by atoms with Gasteiger partial charge in [0.05, 0.1) is 18.4 Å². The fourth-order valence-corrected chi connectivity index (χ4v) is 3.34. The lowest BCUT2D eigenvalue weighted by atomic mass is 10.1. The Labute approximate surface area is 153 Å². The number of nitrogens with one attached hydrogen (secondary N) is 2. The predicted octanol–water partition coefficient (Wildman–Crippen LogP) is 1.21. The summed E-state index contributed by atoms with van der Waals surface area (Å²) in [4.78, 5) is 37.4. The molecule has 1 saturated heterocycles. The quantitative estimate of drug-likeness (QED) is 0.778. The van der Waals surface area contributed by atoms with Crippen LogP contribution in [0.1, 0.15) is 49.9 Å². The molecule has 0 spiro atoms. The molecule has 3 heterocycles. The first-order valence-corrected chi connectivity index (χ1v) is 9.12. The first-order valence-electron chi connectivity index (χ1n) is 9.12. The Hall–Kier alpha value is -2.64. The van der Waals surface area contributed by atoms with Crippen LogP contribution < -0.4 is 5.32 Å². The van der Waals surface area contributed by atoms with Crippen LogP contribution in [-0.2, 0) is 29.1 Å². The highest BCUT2D eigenvalue weighted by Gasteiger charge is 2.28. The van der Waals surface area contributed by atoms with Crippen LogP contribution >= 0.6 is 0 Å². The van der Waals surface area contributed by atoms with Gasteiger partial charge in [0.15, 0.2) is 0 Å². The normalized spacial score (nSPS) is 16.8. The molecule has 0 radical (unpaired) electrons. The van der Waals surface area contributed by atoms with Crippen molar-refractivity contribution in [2.45, 2.75) is 52.1 Å². The number of carbonyl (C=O) groups is 2. The lowest BCUT2D eigenvalue weighted by Gasteiger charge is -2.16. The molecule has 0 aliphatic carbocycles. The van der Waals surface area contributed by atoms with Gasteiger partial charge >= 0.3 is 0 Å². The van der Waals surface area contributed by atoms with Gasteiger partial charge in [-0.2, -0.15) is 0 Å². The van der Waals surface area contributed by atoms with Gasteiger partial charge in [-0.15, -0.1) is 0 Å². The minimum absolute atomic E-state index is 0.0667. The number of hydrogen-bond donors (Lipinski definition) is 2. The Kier molecular flexibility index (Phi) is 5.70. The van der Waals surface area contributed by atoms with Crippen molar-refractivity contribution < 1.29 is 9.59 Å². The number of amides is 2. The molecule has 2 aromatic heterocycles. The molecule has 0 bridgehead atoms. The van der Waals surface area contributed by atoms with E-state index in [-0.39, 0.29) is 17.7 Å². The number of aromatic amines is 1. The molecule has 0 saturated carbocycles. The number of carbonyl (C=O) groups excluding carboxylic acids is 2. The van der Waals surface area contributed by atoms with E-state index in [0.29, 0.717) is 26.1 Å². The third kappa shape index (κ3) is 4.30. The smallest absolute Gasteiger partial charge is 0.224 e. The zero-order valence-electron chi connectivity index (χ0n) is 15.4. The van der Waals surface area contributed by atoms with Gasteiger partial charge in [0, 0.05) is 57.7 Å². The van der Waals surface area contributed by atoms with Gasteiger partial charge < -0.3 is 19.8 Å². The van der Waals surface area contributed by atoms with E-state index in [0.717, 1.165) is 36.7 Å². The number of likely N-dealkylation sites (tertiary alicyclic amines) is 1. The molecule has 8 nitrogen and oxygen atoms in total. The fourth-order valence-electron chi connectivity index (χ4n) is 3.34. The van der Waals surface area contributed by atoms with E-state index in [2.05, 4.69) is 27.2 Å². The maximum atomic E-state index is 12.5. The van der Waals surface area contributed by atoms with Gasteiger partial charge in [-0.25, -0.2) is 9.97 Å². The maximum Gasteiger partial charge on any atom is 0.224 e. The zero-order valence-corrected chi connectivity index (χ0v) is 15.4. The monoisotopic (exact) mass is 358 g/mol. The standard InChI is InChI=1S/C18H26N6O2/c1-3-16-19-6-9-23(16)8-5-17(26)24-7-4-14(12-24)18-21-11-15(22-18)10-20-13(2)25/h6,9,11,14H,3-5,7-8,10,12H2,1-2H3,(H,20,25)(H,21,22)/t14-/m0/s1. The van der Waals surface area contributed by atoms with Crippen LogP contribution in [0.4, 0.5) is 0 Å². The Balaban J connectivity index is 1.50. The molecular weight excluding hydrogens is 332 g/mol. The molecule has 26 heavy (non-hydrogen) atoms. The van der Waals surface area contributed by atoms with Crippen LogP contribution in [-0.4, -0.2) is 49.3 Å². The maximum absolute atomic E-state index is 12.5. The molecule has 1 aliphatic heterocycles. The second kappa shape index (κ2) is 8.16. The van der Waals surface area contributed by atoms with E-state index in [1.807, 2.05) is 15.7 Å². The molecular formula is C18H26N6O2. The first-order chi connectivity index (χ1) is 12.6. The Morgan fingerprint density at radius 2 is 2.23 bits per heavy atom. The molecule has 2 aromatic rings. The molecule has 8 heteroatoms. The number of nitrogens with zero attached hydrogens (tertiary/aromatic N) is 4. The lowest BCUT2D eigenvalue weighted by molar-refractivity contribution is -0.130. The number of aryl methyl sites for hydroxylation is 2. The molecule has 2 amide bonds. The molecule has 1 atom stereocenters. The SMILES string of the molecule is CCc1nccn1CCC(=O)N1CC[C@H](c2ncc(CNC(C)=O)[nH]2)C1. The average molecular weight is 358 g/mol. The largest absolute Gasteiger partial charge is 0.351 e.